The van der Waals surface area contributed by atoms with Gasteiger partial charge in [-0.3, -0.25) is 9.36 Å². The number of primary sulfonamides is 1. The number of amides is 1. The molecule has 0 fully saturated rings. The van der Waals surface area contributed by atoms with Gasteiger partial charge in [0.15, 0.2) is 11.0 Å². The van der Waals surface area contributed by atoms with Crippen LogP contribution in [0.25, 0.3) is 5.69 Å². The summed E-state index contributed by atoms with van der Waals surface area (Å²) in [7, 11) is -3.79. The van der Waals surface area contributed by atoms with Crippen LogP contribution < -0.4 is 15.2 Å². The van der Waals surface area contributed by atoms with Gasteiger partial charge in [0.2, 0.25) is 15.9 Å². The molecule has 1 aromatic heterocycles. The zero-order chi connectivity index (χ0) is 24.8. The molecule has 0 bridgehead atoms. The first kappa shape index (κ1) is 24.5. The zero-order valence-electron chi connectivity index (χ0n) is 18.8. The topological polar surface area (TPSA) is 129 Å². The quantitative estimate of drug-likeness (QED) is 0.330. The highest BCUT2D eigenvalue weighted by atomic mass is 32.2. The normalized spacial score (nSPS) is 11.3. The van der Waals surface area contributed by atoms with Gasteiger partial charge < -0.3 is 10.1 Å². The number of nitrogens with two attached hydrogens (primary N) is 1. The summed E-state index contributed by atoms with van der Waals surface area (Å²) in [4.78, 5) is 12.5. The van der Waals surface area contributed by atoms with Crippen molar-refractivity contribution in [2.75, 3.05) is 11.1 Å². The van der Waals surface area contributed by atoms with Crippen molar-refractivity contribution in [2.45, 2.75) is 23.6 Å². The third-order valence-corrected chi connectivity index (χ3v) is 6.76. The summed E-state index contributed by atoms with van der Waals surface area (Å²) in [5.41, 5.74) is 2.43. The smallest absolute Gasteiger partial charge is 0.238 e. The number of anilines is 1. The van der Waals surface area contributed by atoms with Gasteiger partial charge in [-0.05, 0) is 55.5 Å². The first-order chi connectivity index (χ1) is 16.8. The van der Waals surface area contributed by atoms with Crippen molar-refractivity contribution in [1.82, 2.24) is 14.8 Å². The highest BCUT2D eigenvalue weighted by molar-refractivity contribution is 7.99. The monoisotopic (exact) mass is 509 g/mol. The Morgan fingerprint density at radius 2 is 1.69 bits per heavy atom. The van der Waals surface area contributed by atoms with Crippen LogP contribution in [-0.4, -0.2) is 34.8 Å². The zero-order valence-corrected chi connectivity index (χ0v) is 20.4. The van der Waals surface area contributed by atoms with Crippen LogP contribution in [0.4, 0.5) is 5.69 Å². The number of thioether (sulfide) groups is 1. The van der Waals surface area contributed by atoms with E-state index in [4.69, 9.17) is 9.88 Å². The van der Waals surface area contributed by atoms with E-state index in [9.17, 15) is 13.2 Å². The average Bonchev–Trinajstić information content (AvgIpc) is 3.25. The molecule has 0 aliphatic rings. The second-order valence-electron chi connectivity index (χ2n) is 7.58. The molecule has 3 N–H and O–H groups in total. The van der Waals surface area contributed by atoms with Crippen molar-refractivity contribution < 1.29 is 17.9 Å². The highest BCUT2D eigenvalue weighted by Gasteiger charge is 2.17. The lowest BCUT2D eigenvalue weighted by molar-refractivity contribution is -0.113. The van der Waals surface area contributed by atoms with E-state index in [-0.39, 0.29) is 23.2 Å². The van der Waals surface area contributed by atoms with Gasteiger partial charge in [-0.2, -0.15) is 0 Å². The molecule has 11 heteroatoms. The number of carbonyl (C=O) groups excluding carboxylic acids is 1. The first-order valence-corrected chi connectivity index (χ1v) is 13.1. The summed E-state index contributed by atoms with van der Waals surface area (Å²) < 4.78 is 30.5. The molecule has 9 nitrogen and oxygen atoms in total. The predicted molar refractivity (Wildman–Crippen MR) is 134 cm³/mol. The molecular weight excluding hydrogens is 486 g/mol. The molecule has 4 aromatic rings. The number of sulfonamides is 1. The molecule has 0 aliphatic carbocycles. The largest absolute Gasteiger partial charge is 0.486 e. The number of ether oxygens (including phenoxy) is 1. The van der Waals surface area contributed by atoms with Gasteiger partial charge in [-0.1, -0.05) is 47.7 Å². The van der Waals surface area contributed by atoms with Gasteiger partial charge in [-0.25, -0.2) is 13.6 Å². The van der Waals surface area contributed by atoms with Gasteiger partial charge in [0.05, 0.1) is 10.6 Å². The van der Waals surface area contributed by atoms with Gasteiger partial charge in [0, 0.05) is 11.4 Å². The number of aromatic nitrogens is 3. The van der Waals surface area contributed by atoms with Gasteiger partial charge in [0.1, 0.15) is 12.4 Å². The lowest BCUT2D eigenvalue weighted by atomic mass is 10.2. The molecule has 4 rings (SSSR count). The van der Waals surface area contributed by atoms with Crippen molar-refractivity contribution in [2.24, 2.45) is 5.14 Å². The minimum absolute atomic E-state index is 0.0266. The number of rotatable bonds is 9. The number of benzene rings is 3. The summed E-state index contributed by atoms with van der Waals surface area (Å²) in [6, 6.07) is 23.0. The Morgan fingerprint density at radius 1 is 1.00 bits per heavy atom. The molecule has 1 amide bonds. The second-order valence-corrected chi connectivity index (χ2v) is 10.1. The predicted octanol–water partition coefficient (Wildman–Crippen LogP) is 3.53. The van der Waals surface area contributed by atoms with E-state index in [0.717, 1.165) is 11.3 Å². The van der Waals surface area contributed by atoms with Gasteiger partial charge >= 0.3 is 0 Å². The fourth-order valence-electron chi connectivity index (χ4n) is 3.16. The summed E-state index contributed by atoms with van der Waals surface area (Å²) in [6.07, 6.45) is 0. The van der Waals surface area contributed by atoms with Crippen LogP contribution in [-0.2, 0) is 21.4 Å². The molecule has 0 aliphatic heterocycles. The number of hydrogen-bond donors (Lipinski definition) is 2. The fourth-order valence-corrected chi connectivity index (χ4v) is 4.45. The summed E-state index contributed by atoms with van der Waals surface area (Å²) in [5.74, 6) is 1.10. The van der Waals surface area contributed by atoms with Crippen LogP contribution in [0, 0.1) is 6.92 Å². The Balaban J connectivity index is 1.47. The Hall–Kier alpha value is -3.67. The van der Waals surface area contributed by atoms with Crippen molar-refractivity contribution in [3.8, 4) is 11.4 Å². The Kier molecular flexibility index (Phi) is 7.49. The van der Waals surface area contributed by atoms with Crippen molar-refractivity contribution in [1.29, 1.82) is 0 Å². The maximum Gasteiger partial charge on any atom is 0.238 e. The van der Waals surface area contributed by atoms with E-state index in [1.54, 1.807) is 0 Å². The van der Waals surface area contributed by atoms with E-state index in [1.807, 2.05) is 66.1 Å². The van der Waals surface area contributed by atoms with Crippen molar-refractivity contribution in [3.05, 3.63) is 90.3 Å². The molecule has 3 aromatic carbocycles. The summed E-state index contributed by atoms with van der Waals surface area (Å²) >= 11 is 1.23. The molecule has 1 heterocycles. The number of aryl methyl sites for hydroxylation is 1. The summed E-state index contributed by atoms with van der Waals surface area (Å²) in [6.45, 7) is 2.21. The number of para-hydroxylation sites is 1. The minimum Gasteiger partial charge on any atom is -0.486 e. The molecule has 0 spiro atoms. The lowest BCUT2D eigenvalue weighted by Gasteiger charge is -2.12. The van der Waals surface area contributed by atoms with E-state index in [0.29, 0.717) is 22.4 Å². The van der Waals surface area contributed by atoms with Crippen molar-refractivity contribution in [3.63, 3.8) is 0 Å². The maximum atomic E-state index is 12.5. The first-order valence-electron chi connectivity index (χ1n) is 10.5. The number of nitrogens with zero attached hydrogens (tertiary/aromatic N) is 3. The Labute approximate surface area is 207 Å². The number of hydrogen-bond acceptors (Lipinski definition) is 7. The van der Waals surface area contributed by atoms with E-state index in [1.165, 1.54) is 36.0 Å². The Bertz CT molecular complexity index is 1400. The van der Waals surface area contributed by atoms with E-state index >= 15 is 0 Å². The number of nitrogens with one attached hydrogen (secondary N) is 1. The van der Waals surface area contributed by atoms with Crippen LogP contribution >= 0.6 is 11.8 Å². The van der Waals surface area contributed by atoms with Crippen molar-refractivity contribution >= 4 is 33.4 Å². The van der Waals surface area contributed by atoms with E-state index < -0.39 is 10.0 Å². The molecule has 0 atom stereocenters. The van der Waals surface area contributed by atoms with Gasteiger partial charge in [0.25, 0.3) is 0 Å². The van der Waals surface area contributed by atoms with Gasteiger partial charge in [-0.15, -0.1) is 10.2 Å². The molecule has 0 unspecified atom stereocenters. The van der Waals surface area contributed by atoms with Crippen LogP contribution in [0.1, 0.15) is 11.4 Å². The summed E-state index contributed by atoms with van der Waals surface area (Å²) in [5, 5.41) is 17.0. The maximum absolute atomic E-state index is 12.5. The van der Waals surface area contributed by atoms with Crippen LogP contribution in [0.5, 0.6) is 5.75 Å². The molecule has 180 valence electrons. The lowest BCUT2D eigenvalue weighted by Crippen LogP contribution is -2.15. The minimum atomic E-state index is -3.79. The molecule has 0 saturated carbocycles. The SMILES string of the molecule is Cc1ccc(-n2c(COc3ccccc3)nnc2SCC(=O)Nc2ccc(S(N)(=O)=O)cc2)cc1. The second kappa shape index (κ2) is 10.7. The average molecular weight is 510 g/mol. The van der Waals surface area contributed by atoms with Crippen LogP contribution in [0.15, 0.2) is 88.9 Å². The number of carbonyl (C=O) groups is 1. The fraction of sp³-hybridized carbons (Fsp3) is 0.125. The molecule has 0 radical (unpaired) electrons. The highest BCUT2D eigenvalue weighted by Crippen LogP contribution is 2.24. The molecule has 35 heavy (non-hydrogen) atoms. The van der Waals surface area contributed by atoms with E-state index in [2.05, 4.69) is 15.5 Å². The van der Waals surface area contributed by atoms with Crippen LogP contribution in [0.2, 0.25) is 0 Å². The third-order valence-electron chi connectivity index (χ3n) is 4.90. The molecule has 0 saturated heterocycles. The molecular formula is C24H23N5O4S2. The standard InChI is InChI=1S/C24H23N5O4S2/c1-17-7-11-19(12-8-17)29-22(15-33-20-5-3-2-4-6-20)27-28-24(29)34-16-23(30)26-18-9-13-21(14-10-18)35(25,31)32/h2-14H,15-16H2,1H3,(H,26,30)(H2,25,31,32). The third kappa shape index (κ3) is 6.47. The van der Waals surface area contributed by atoms with Crippen LogP contribution in [0.3, 0.4) is 0 Å². The Morgan fingerprint density at radius 3 is 2.34 bits per heavy atom.